The van der Waals surface area contributed by atoms with E-state index in [2.05, 4.69) is 4.90 Å². The fourth-order valence-electron chi connectivity index (χ4n) is 3.07. The van der Waals surface area contributed by atoms with Gasteiger partial charge in [0.1, 0.15) is 0 Å². The maximum atomic E-state index is 13.3. The molecule has 0 bridgehead atoms. The number of rotatable bonds is 3. The minimum Gasteiger partial charge on any atom is -0.410 e. The van der Waals surface area contributed by atoms with Gasteiger partial charge in [0.05, 0.1) is 6.04 Å². The monoisotopic (exact) mass is 347 g/mol. The number of carbonyl (C=O) groups excluding carboxylic acids is 3. The molecule has 0 aliphatic carbocycles. The largest absolute Gasteiger partial charge is 0.410 e. The molecule has 1 aromatic heterocycles. The van der Waals surface area contributed by atoms with Gasteiger partial charge in [-0.3, -0.25) is 9.47 Å². The van der Waals surface area contributed by atoms with E-state index in [1.54, 1.807) is 29.2 Å². The fourth-order valence-corrected chi connectivity index (χ4v) is 3.07. The normalized spacial score (nSPS) is 21.4. The number of esters is 2. The van der Waals surface area contributed by atoms with Crippen molar-refractivity contribution in [2.45, 2.75) is 31.6 Å². The SMILES string of the molecule is CN1CCC(N(C(=O)C2(C)OC(=O)C=CC(=O)O2)n2cccc2)CC1. The quantitative estimate of drug-likeness (QED) is 0.737. The van der Waals surface area contributed by atoms with Crippen molar-refractivity contribution in [2.75, 3.05) is 25.1 Å². The zero-order chi connectivity index (χ0) is 18.0. The van der Waals surface area contributed by atoms with E-state index in [0.29, 0.717) is 0 Å². The van der Waals surface area contributed by atoms with Crippen LogP contribution in [0.3, 0.4) is 0 Å². The second-order valence-electron chi connectivity index (χ2n) is 6.37. The van der Waals surface area contributed by atoms with Crippen molar-refractivity contribution in [2.24, 2.45) is 0 Å². The van der Waals surface area contributed by atoms with Gasteiger partial charge >= 0.3 is 23.6 Å². The second-order valence-corrected chi connectivity index (χ2v) is 6.37. The molecule has 8 nitrogen and oxygen atoms in total. The maximum absolute atomic E-state index is 13.3. The summed E-state index contributed by atoms with van der Waals surface area (Å²) in [5.74, 6) is -4.19. The first-order valence-corrected chi connectivity index (χ1v) is 8.18. The van der Waals surface area contributed by atoms with Crippen LogP contribution in [-0.4, -0.2) is 59.4 Å². The van der Waals surface area contributed by atoms with Gasteiger partial charge in [0.15, 0.2) is 0 Å². The summed E-state index contributed by atoms with van der Waals surface area (Å²) in [6.45, 7) is 2.98. The summed E-state index contributed by atoms with van der Waals surface area (Å²) in [6, 6.07) is 3.50. The Kier molecular flexibility index (Phi) is 4.63. The fraction of sp³-hybridized carbons (Fsp3) is 0.471. The second kappa shape index (κ2) is 6.72. The van der Waals surface area contributed by atoms with Crippen LogP contribution in [0.15, 0.2) is 36.7 Å². The summed E-state index contributed by atoms with van der Waals surface area (Å²) >= 11 is 0. The third kappa shape index (κ3) is 3.58. The van der Waals surface area contributed by atoms with Crippen LogP contribution in [0, 0.1) is 0 Å². The van der Waals surface area contributed by atoms with Crippen LogP contribution in [0.25, 0.3) is 0 Å². The van der Waals surface area contributed by atoms with E-state index >= 15 is 0 Å². The Morgan fingerprint density at radius 1 is 1.12 bits per heavy atom. The highest BCUT2D eigenvalue weighted by Gasteiger charge is 2.48. The minimum absolute atomic E-state index is 0.0958. The summed E-state index contributed by atoms with van der Waals surface area (Å²) in [4.78, 5) is 38.9. The lowest BCUT2D eigenvalue weighted by atomic mass is 10.0. The lowest BCUT2D eigenvalue weighted by Gasteiger charge is -2.40. The predicted molar refractivity (Wildman–Crippen MR) is 87.9 cm³/mol. The lowest BCUT2D eigenvalue weighted by molar-refractivity contribution is -0.214. The summed E-state index contributed by atoms with van der Waals surface area (Å²) in [5, 5.41) is 1.51. The van der Waals surface area contributed by atoms with Crippen LogP contribution < -0.4 is 5.01 Å². The number of aromatic nitrogens is 1. The van der Waals surface area contributed by atoms with E-state index in [1.165, 1.54) is 11.9 Å². The standard InChI is InChI=1S/C17H21N3O5/c1-17(24-14(21)5-6-15(22)25-17)16(23)20(19-9-3-4-10-19)13-7-11-18(2)12-8-13/h3-6,9-10,13H,7-8,11-12H2,1-2H3. The number of carbonyl (C=O) groups is 3. The Balaban J connectivity index is 1.91. The van der Waals surface area contributed by atoms with E-state index < -0.39 is 23.6 Å². The molecule has 2 aliphatic heterocycles. The molecule has 1 fully saturated rings. The van der Waals surface area contributed by atoms with Crippen LogP contribution in [0.5, 0.6) is 0 Å². The number of cyclic esters (lactones) is 2. The van der Waals surface area contributed by atoms with Gasteiger partial charge in [0, 0.05) is 31.5 Å². The van der Waals surface area contributed by atoms with Crippen molar-refractivity contribution in [3.05, 3.63) is 36.7 Å². The van der Waals surface area contributed by atoms with Gasteiger partial charge in [0.2, 0.25) is 0 Å². The molecule has 0 aromatic carbocycles. The predicted octanol–water partition coefficient (Wildman–Crippen LogP) is 0.419. The Morgan fingerprint density at radius 2 is 1.64 bits per heavy atom. The molecule has 2 aliphatic rings. The molecule has 1 amide bonds. The van der Waals surface area contributed by atoms with Crippen LogP contribution >= 0.6 is 0 Å². The highest BCUT2D eigenvalue weighted by atomic mass is 16.7. The average molecular weight is 347 g/mol. The molecule has 8 heteroatoms. The van der Waals surface area contributed by atoms with Gasteiger partial charge < -0.3 is 14.4 Å². The van der Waals surface area contributed by atoms with Crippen molar-refractivity contribution in [1.82, 2.24) is 9.58 Å². The van der Waals surface area contributed by atoms with Crippen molar-refractivity contribution < 1.29 is 23.9 Å². The van der Waals surface area contributed by atoms with Gasteiger partial charge in [-0.25, -0.2) is 14.6 Å². The number of piperidine rings is 1. The first kappa shape index (κ1) is 17.2. The molecule has 0 N–H and O–H groups in total. The van der Waals surface area contributed by atoms with Gasteiger partial charge in [-0.1, -0.05) is 0 Å². The number of nitrogens with zero attached hydrogens (tertiary/aromatic N) is 3. The molecule has 0 atom stereocenters. The molecule has 0 unspecified atom stereocenters. The highest BCUT2D eigenvalue weighted by molar-refractivity contribution is 6.00. The van der Waals surface area contributed by atoms with Gasteiger partial charge in [-0.05, 0) is 45.1 Å². The van der Waals surface area contributed by atoms with E-state index in [-0.39, 0.29) is 6.04 Å². The Morgan fingerprint density at radius 3 is 2.16 bits per heavy atom. The zero-order valence-corrected chi connectivity index (χ0v) is 14.3. The van der Waals surface area contributed by atoms with Crippen molar-refractivity contribution in [1.29, 1.82) is 0 Å². The first-order valence-electron chi connectivity index (χ1n) is 8.18. The Hall–Kier alpha value is -2.61. The third-order valence-electron chi connectivity index (χ3n) is 4.41. The van der Waals surface area contributed by atoms with Crippen LogP contribution in [0.2, 0.25) is 0 Å². The van der Waals surface area contributed by atoms with Crippen molar-refractivity contribution in [3.63, 3.8) is 0 Å². The van der Waals surface area contributed by atoms with Crippen LogP contribution in [0.1, 0.15) is 19.8 Å². The molecular formula is C17H21N3O5. The van der Waals surface area contributed by atoms with Crippen LogP contribution in [-0.2, 0) is 23.9 Å². The maximum Gasteiger partial charge on any atom is 0.335 e. The molecule has 25 heavy (non-hydrogen) atoms. The van der Waals surface area contributed by atoms with Gasteiger partial charge in [-0.15, -0.1) is 0 Å². The van der Waals surface area contributed by atoms with E-state index in [4.69, 9.17) is 9.47 Å². The zero-order valence-electron chi connectivity index (χ0n) is 14.3. The average Bonchev–Trinajstić information content (AvgIpc) is 3.04. The summed E-state index contributed by atoms with van der Waals surface area (Å²) in [5.41, 5.74) is 0. The lowest BCUT2D eigenvalue weighted by Crippen LogP contribution is -2.60. The molecule has 1 aromatic rings. The minimum atomic E-state index is -2.01. The molecule has 3 heterocycles. The molecule has 3 rings (SSSR count). The Bertz CT molecular complexity index is 669. The number of amides is 1. The molecule has 134 valence electrons. The topological polar surface area (TPSA) is 81.1 Å². The number of hydrogen-bond donors (Lipinski definition) is 0. The van der Waals surface area contributed by atoms with Gasteiger partial charge in [0.25, 0.3) is 0 Å². The third-order valence-corrected chi connectivity index (χ3v) is 4.41. The molecule has 0 saturated carbocycles. The summed E-state index contributed by atoms with van der Waals surface area (Å²) in [7, 11) is 2.03. The summed E-state index contributed by atoms with van der Waals surface area (Å²) in [6.07, 6.45) is 6.90. The van der Waals surface area contributed by atoms with E-state index in [9.17, 15) is 14.4 Å². The van der Waals surface area contributed by atoms with Gasteiger partial charge in [-0.2, -0.15) is 0 Å². The molecular weight excluding hydrogens is 326 g/mol. The molecule has 0 radical (unpaired) electrons. The number of hydrogen-bond acceptors (Lipinski definition) is 6. The summed E-state index contributed by atoms with van der Waals surface area (Å²) < 4.78 is 11.9. The van der Waals surface area contributed by atoms with E-state index in [0.717, 1.165) is 38.1 Å². The highest BCUT2D eigenvalue weighted by Crippen LogP contribution is 2.24. The van der Waals surface area contributed by atoms with Crippen molar-refractivity contribution >= 4 is 17.8 Å². The number of likely N-dealkylation sites (tertiary alicyclic amines) is 1. The smallest absolute Gasteiger partial charge is 0.335 e. The number of ether oxygens (including phenoxy) is 2. The Labute approximate surface area is 145 Å². The van der Waals surface area contributed by atoms with Crippen LogP contribution in [0.4, 0.5) is 0 Å². The molecule has 1 saturated heterocycles. The van der Waals surface area contributed by atoms with E-state index in [1.807, 2.05) is 7.05 Å². The first-order chi connectivity index (χ1) is 11.9. The van der Waals surface area contributed by atoms with Crippen molar-refractivity contribution in [3.8, 4) is 0 Å². The molecule has 0 spiro atoms.